The van der Waals surface area contributed by atoms with Crippen molar-refractivity contribution in [1.29, 1.82) is 0 Å². The van der Waals surface area contributed by atoms with Crippen LogP contribution in [0.25, 0.3) is 22.6 Å². The van der Waals surface area contributed by atoms with E-state index in [0.717, 1.165) is 27.4 Å². The first-order valence-corrected chi connectivity index (χ1v) is 9.55. The molecule has 26 heavy (non-hydrogen) atoms. The van der Waals surface area contributed by atoms with Crippen LogP contribution >= 0.6 is 11.8 Å². The van der Waals surface area contributed by atoms with E-state index in [0.29, 0.717) is 11.3 Å². The van der Waals surface area contributed by atoms with Gasteiger partial charge in [-0.15, -0.1) is 11.8 Å². The number of rotatable bonds is 4. The van der Waals surface area contributed by atoms with E-state index in [4.69, 9.17) is 0 Å². The van der Waals surface area contributed by atoms with Gasteiger partial charge in [-0.2, -0.15) is 0 Å². The van der Waals surface area contributed by atoms with E-state index in [1.807, 2.05) is 62.4 Å². The van der Waals surface area contributed by atoms with Crippen molar-refractivity contribution >= 4 is 22.8 Å². The molecular formula is C21H20FN3S. The molecule has 2 heterocycles. The largest absolute Gasteiger partial charge is 0.337 e. The van der Waals surface area contributed by atoms with Gasteiger partial charge in [-0.3, -0.25) is 4.98 Å². The van der Waals surface area contributed by atoms with Gasteiger partial charge in [0.05, 0.1) is 11.0 Å². The molecule has 4 aromatic rings. The molecule has 5 heteroatoms. The average Bonchev–Trinajstić information content (AvgIpc) is 3.13. The molecule has 0 aliphatic rings. The Morgan fingerprint density at radius 1 is 1.00 bits per heavy atom. The third kappa shape index (κ3) is 4.11. The molecule has 0 radical (unpaired) electrons. The van der Waals surface area contributed by atoms with Crippen LogP contribution in [-0.4, -0.2) is 15.0 Å². The Kier molecular flexibility index (Phi) is 6.02. The lowest BCUT2D eigenvalue weighted by molar-refractivity contribution is 0.617. The predicted molar refractivity (Wildman–Crippen MR) is 107 cm³/mol. The minimum absolute atomic E-state index is 0.162. The van der Waals surface area contributed by atoms with Crippen molar-refractivity contribution in [3.05, 3.63) is 78.2 Å². The first kappa shape index (κ1) is 18.1. The van der Waals surface area contributed by atoms with Gasteiger partial charge in [0.25, 0.3) is 0 Å². The molecule has 132 valence electrons. The van der Waals surface area contributed by atoms with E-state index < -0.39 is 0 Å². The fraction of sp³-hybridized carbons (Fsp3) is 0.143. The Morgan fingerprint density at radius 2 is 1.81 bits per heavy atom. The van der Waals surface area contributed by atoms with Crippen LogP contribution in [0.4, 0.5) is 4.39 Å². The lowest BCUT2D eigenvalue weighted by atomic mass is 10.2. The Hall–Kier alpha value is -2.66. The first-order valence-electron chi connectivity index (χ1n) is 8.57. The second-order valence-electron chi connectivity index (χ2n) is 5.36. The molecule has 0 saturated heterocycles. The topological polar surface area (TPSA) is 41.6 Å². The van der Waals surface area contributed by atoms with Gasteiger partial charge in [0.2, 0.25) is 0 Å². The van der Waals surface area contributed by atoms with Crippen molar-refractivity contribution in [2.75, 3.05) is 0 Å². The molecule has 2 aromatic carbocycles. The summed E-state index contributed by atoms with van der Waals surface area (Å²) in [6, 6.07) is 18.6. The zero-order valence-electron chi connectivity index (χ0n) is 14.7. The van der Waals surface area contributed by atoms with Gasteiger partial charge < -0.3 is 4.98 Å². The lowest BCUT2D eigenvalue weighted by Gasteiger charge is -2.03. The zero-order valence-corrected chi connectivity index (χ0v) is 15.6. The number of aromatic nitrogens is 3. The molecule has 0 aliphatic carbocycles. The summed E-state index contributed by atoms with van der Waals surface area (Å²) in [5, 5.41) is 0. The SMILES string of the molecule is CC.Fc1ccccc1CSc1ccc2nc(-c3ccccn3)[nH]c2c1. The summed E-state index contributed by atoms with van der Waals surface area (Å²) in [6.45, 7) is 4.00. The molecule has 0 bridgehead atoms. The number of thioether (sulfide) groups is 1. The van der Waals surface area contributed by atoms with E-state index in [1.54, 1.807) is 24.0 Å². The quantitative estimate of drug-likeness (QED) is 0.445. The van der Waals surface area contributed by atoms with Crippen molar-refractivity contribution in [1.82, 2.24) is 15.0 Å². The van der Waals surface area contributed by atoms with Gasteiger partial charge >= 0.3 is 0 Å². The smallest absolute Gasteiger partial charge is 0.157 e. The maximum absolute atomic E-state index is 13.7. The monoisotopic (exact) mass is 365 g/mol. The number of fused-ring (bicyclic) bond motifs is 1. The average molecular weight is 365 g/mol. The molecule has 1 N–H and O–H groups in total. The molecule has 4 rings (SSSR count). The van der Waals surface area contributed by atoms with E-state index in [2.05, 4.69) is 15.0 Å². The molecule has 0 fully saturated rings. The van der Waals surface area contributed by atoms with Gasteiger partial charge in [-0.25, -0.2) is 9.37 Å². The van der Waals surface area contributed by atoms with Crippen LogP contribution in [0.1, 0.15) is 19.4 Å². The minimum Gasteiger partial charge on any atom is -0.337 e. The lowest BCUT2D eigenvalue weighted by Crippen LogP contribution is -1.86. The summed E-state index contributed by atoms with van der Waals surface area (Å²) in [7, 11) is 0. The number of benzene rings is 2. The Bertz CT molecular complexity index is 983. The summed E-state index contributed by atoms with van der Waals surface area (Å²) < 4.78 is 13.7. The maximum Gasteiger partial charge on any atom is 0.157 e. The molecule has 0 unspecified atom stereocenters. The van der Waals surface area contributed by atoms with Gasteiger partial charge in [-0.05, 0) is 42.0 Å². The van der Waals surface area contributed by atoms with Crippen LogP contribution in [-0.2, 0) is 5.75 Å². The van der Waals surface area contributed by atoms with Crippen molar-refractivity contribution in [2.24, 2.45) is 0 Å². The number of nitrogens with zero attached hydrogens (tertiary/aromatic N) is 2. The van der Waals surface area contributed by atoms with Crippen LogP contribution in [0.2, 0.25) is 0 Å². The van der Waals surface area contributed by atoms with Crippen molar-refractivity contribution in [3.63, 3.8) is 0 Å². The molecule has 0 spiro atoms. The Labute approximate surface area is 156 Å². The molecule has 0 saturated carbocycles. The highest BCUT2D eigenvalue weighted by Crippen LogP contribution is 2.27. The van der Waals surface area contributed by atoms with Crippen molar-refractivity contribution in [3.8, 4) is 11.5 Å². The first-order chi connectivity index (χ1) is 12.8. The van der Waals surface area contributed by atoms with Crippen LogP contribution in [0.15, 0.2) is 71.8 Å². The highest BCUT2D eigenvalue weighted by molar-refractivity contribution is 7.98. The molecule has 0 atom stereocenters. The second-order valence-corrected chi connectivity index (χ2v) is 6.41. The number of imidazole rings is 1. The van der Waals surface area contributed by atoms with Crippen LogP contribution in [0.5, 0.6) is 0 Å². The summed E-state index contributed by atoms with van der Waals surface area (Å²) >= 11 is 1.60. The van der Waals surface area contributed by atoms with Gasteiger partial charge in [0.15, 0.2) is 5.82 Å². The van der Waals surface area contributed by atoms with Gasteiger partial charge in [-0.1, -0.05) is 38.1 Å². The third-order valence-corrected chi connectivity index (χ3v) is 4.76. The molecular weight excluding hydrogens is 345 g/mol. The van der Waals surface area contributed by atoms with E-state index >= 15 is 0 Å². The van der Waals surface area contributed by atoms with Gasteiger partial charge in [0, 0.05) is 16.8 Å². The van der Waals surface area contributed by atoms with Crippen LogP contribution in [0.3, 0.4) is 0 Å². The Morgan fingerprint density at radius 3 is 2.58 bits per heavy atom. The van der Waals surface area contributed by atoms with Crippen molar-refractivity contribution < 1.29 is 4.39 Å². The molecule has 2 aromatic heterocycles. The van der Waals surface area contributed by atoms with Crippen LogP contribution in [0, 0.1) is 5.82 Å². The van der Waals surface area contributed by atoms with Gasteiger partial charge in [0.1, 0.15) is 11.5 Å². The number of aromatic amines is 1. The summed E-state index contributed by atoms with van der Waals surface area (Å²) in [5.74, 6) is 1.19. The van der Waals surface area contributed by atoms with Crippen molar-refractivity contribution in [2.45, 2.75) is 24.5 Å². The number of pyridine rings is 1. The zero-order chi connectivity index (χ0) is 18.4. The highest BCUT2D eigenvalue weighted by Gasteiger charge is 2.08. The number of nitrogens with one attached hydrogen (secondary N) is 1. The summed E-state index contributed by atoms with van der Waals surface area (Å²) in [5.41, 5.74) is 3.37. The highest BCUT2D eigenvalue weighted by atomic mass is 32.2. The fourth-order valence-corrected chi connectivity index (χ4v) is 3.40. The molecule has 3 nitrogen and oxygen atoms in total. The van der Waals surface area contributed by atoms with E-state index in [1.165, 1.54) is 6.07 Å². The predicted octanol–water partition coefficient (Wildman–Crippen LogP) is 6.08. The Balaban J connectivity index is 0.000000948. The minimum atomic E-state index is -0.162. The van der Waals surface area contributed by atoms with E-state index in [9.17, 15) is 4.39 Å². The molecule has 0 amide bonds. The standard InChI is InChI=1S/C19H14FN3S.C2H6/c20-15-6-2-1-5-13(15)12-24-14-8-9-16-18(11-14)23-19(22-16)17-7-3-4-10-21-17;1-2/h1-11H,12H2,(H,22,23);1-2H3. The normalized spacial score (nSPS) is 10.4. The second kappa shape index (κ2) is 8.63. The number of H-pyrrole nitrogens is 1. The summed E-state index contributed by atoms with van der Waals surface area (Å²) in [6.07, 6.45) is 1.75. The molecule has 0 aliphatic heterocycles. The van der Waals surface area contributed by atoms with Crippen LogP contribution < -0.4 is 0 Å². The fourth-order valence-electron chi connectivity index (χ4n) is 2.48. The number of hydrogen-bond donors (Lipinski definition) is 1. The summed E-state index contributed by atoms with van der Waals surface area (Å²) in [4.78, 5) is 13.3. The third-order valence-electron chi connectivity index (χ3n) is 3.71. The van der Waals surface area contributed by atoms with E-state index in [-0.39, 0.29) is 5.82 Å². The maximum atomic E-state index is 13.7. The number of halogens is 1. The number of hydrogen-bond acceptors (Lipinski definition) is 3.